The van der Waals surface area contributed by atoms with Crippen LogP contribution in [0.1, 0.15) is 58.9 Å². The lowest BCUT2D eigenvalue weighted by molar-refractivity contribution is 0.00990. The van der Waals surface area contributed by atoms with Crippen molar-refractivity contribution in [2.24, 2.45) is 10.9 Å². The molecule has 0 amide bonds. The Kier molecular flexibility index (Phi) is 14.9. The van der Waals surface area contributed by atoms with Crippen molar-refractivity contribution in [2.75, 3.05) is 40.0 Å². The van der Waals surface area contributed by atoms with Gasteiger partial charge in [0.1, 0.15) is 0 Å². The molecule has 1 aromatic heterocycles. The van der Waals surface area contributed by atoms with Crippen LogP contribution in [0.4, 0.5) is 0 Å². The molecule has 0 bridgehead atoms. The number of nitrogens with zero attached hydrogens (tertiary/aromatic N) is 3. The number of guanidine groups is 1. The number of piperidine rings is 1. The smallest absolute Gasteiger partial charge is 0.213 e. The van der Waals surface area contributed by atoms with Crippen molar-refractivity contribution in [3.05, 3.63) is 23.9 Å². The number of hydrogen-bond donors (Lipinski definition) is 1. The van der Waals surface area contributed by atoms with E-state index < -0.39 is 0 Å². The first-order valence-corrected chi connectivity index (χ1v) is 11.8. The number of rotatable bonds is 12. The first kappa shape index (κ1) is 28.9. The van der Waals surface area contributed by atoms with Gasteiger partial charge in [-0.15, -0.1) is 24.0 Å². The normalized spacial score (nSPS) is 16.1. The standard InChI is InChI=1S/C24H42N4O3.HI/c1-6-25-24(28-12-9-22(10-13-28)30-15-7-14-29-5)27-18-21-8-11-26-23(17-21)31-20(4)16-19(2)3;/h8,11,17,19-20,22H,6-7,9-10,12-16,18H2,1-5H3,(H,25,27);1H. The molecule has 8 heteroatoms. The highest BCUT2D eigenvalue weighted by molar-refractivity contribution is 14.0. The van der Waals surface area contributed by atoms with Crippen molar-refractivity contribution < 1.29 is 14.2 Å². The van der Waals surface area contributed by atoms with Gasteiger partial charge in [-0.25, -0.2) is 9.98 Å². The summed E-state index contributed by atoms with van der Waals surface area (Å²) in [5.41, 5.74) is 1.11. The number of halogens is 1. The molecule has 1 N–H and O–H groups in total. The molecule has 1 aliphatic rings. The average Bonchev–Trinajstić information content (AvgIpc) is 2.74. The lowest BCUT2D eigenvalue weighted by Crippen LogP contribution is -2.47. The molecule has 184 valence electrons. The van der Waals surface area contributed by atoms with Crippen LogP contribution in [0.2, 0.25) is 0 Å². The fourth-order valence-electron chi connectivity index (χ4n) is 3.81. The van der Waals surface area contributed by atoms with E-state index >= 15 is 0 Å². The van der Waals surface area contributed by atoms with Crippen LogP contribution in [0.15, 0.2) is 23.3 Å². The highest BCUT2D eigenvalue weighted by Crippen LogP contribution is 2.17. The summed E-state index contributed by atoms with van der Waals surface area (Å²) in [6.07, 6.45) is 6.32. The zero-order chi connectivity index (χ0) is 22.5. The Labute approximate surface area is 211 Å². The van der Waals surface area contributed by atoms with Gasteiger partial charge in [0.15, 0.2) is 5.96 Å². The molecule has 2 rings (SSSR count). The Morgan fingerprint density at radius 1 is 1.25 bits per heavy atom. The van der Waals surface area contributed by atoms with E-state index in [2.05, 4.69) is 42.9 Å². The molecule has 1 aliphatic heterocycles. The van der Waals surface area contributed by atoms with Gasteiger partial charge in [-0.2, -0.15) is 0 Å². The summed E-state index contributed by atoms with van der Waals surface area (Å²) in [7, 11) is 1.73. The van der Waals surface area contributed by atoms with E-state index in [0.29, 0.717) is 24.4 Å². The molecule has 0 saturated carbocycles. The summed E-state index contributed by atoms with van der Waals surface area (Å²) in [6, 6.07) is 4.01. The molecule has 0 aromatic carbocycles. The Bertz CT molecular complexity index is 652. The van der Waals surface area contributed by atoms with Crippen LogP contribution < -0.4 is 10.1 Å². The highest BCUT2D eigenvalue weighted by Gasteiger charge is 2.21. The van der Waals surface area contributed by atoms with Crippen molar-refractivity contribution in [2.45, 2.75) is 72.1 Å². The van der Waals surface area contributed by atoms with Gasteiger partial charge in [0, 0.05) is 52.2 Å². The molecular formula is C24H43IN4O3. The van der Waals surface area contributed by atoms with Crippen LogP contribution in [-0.2, 0) is 16.0 Å². The Morgan fingerprint density at radius 2 is 2.00 bits per heavy atom. The third-order valence-corrected chi connectivity index (χ3v) is 5.26. The predicted molar refractivity (Wildman–Crippen MR) is 141 cm³/mol. The minimum absolute atomic E-state index is 0. The minimum atomic E-state index is 0. The minimum Gasteiger partial charge on any atom is -0.475 e. The molecule has 2 heterocycles. The topological polar surface area (TPSA) is 68.2 Å². The Morgan fingerprint density at radius 3 is 2.66 bits per heavy atom. The molecule has 0 spiro atoms. The van der Waals surface area contributed by atoms with Gasteiger partial charge in [0.05, 0.1) is 18.8 Å². The molecule has 1 saturated heterocycles. The van der Waals surface area contributed by atoms with E-state index in [4.69, 9.17) is 19.2 Å². The van der Waals surface area contributed by atoms with Crippen LogP contribution in [-0.4, -0.2) is 68.0 Å². The van der Waals surface area contributed by atoms with Gasteiger partial charge in [0.2, 0.25) is 5.88 Å². The van der Waals surface area contributed by atoms with Gasteiger partial charge in [0.25, 0.3) is 0 Å². The highest BCUT2D eigenvalue weighted by atomic mass is 127. The number of hydrogen-bond acceptors (Lipinski definition) is 5. The molecule has 1 unspecified atom stereocenters. The van der Waals surface area contributed by atoms with E-state index in [9.17, 15) is 0 Å². The maximum atomic E-state index is 5.99. The maximum Gasteiger partial charge on any atom is 0.213 e. The zero-order valence-electron chi connectivity index (χ0n) is 20.5. The number of aliphatic imine (C=N–C) groups is 1. The number of ether oxygens (including phenoxy) is 3. The molecule has 7 nitrogen and oxygen atoms in total. The third-order valence-electron chi connectivity index (χ3n) is 5.26. The zero-order valence-corrected chi connectivity index (χ0v) is 22.8. The summed E-state index contributed by atoms with van der Waals surface area (Å²) in [4.78, 5) is 11.6. The third kappa shape index (κ3) is 11.1. The molecule has 0 radical (unpaired) electrons. The quantitative estimate of drug-likeness (QED) is 0.175. The summed E-state index contributed by atoms with van der Waals surface area (Å²) >= 11 is 0. The molecular weight excluding hydrogens is 519 g/mol. The predicted octanol–water partition coefficient (Wildman–Crippen LogP) is 4.50. The average molecular weight is 563 g/mol. The van der Waals surface area contributed by atoms with Crippen LogP contribution >= 0.6 is 24.0 Å². The van der Waals surface area contributed by atoms with Crippen LogP contribution in [0.25, 0.3) is 0 Å². The number of likely N-dealkylation sites (tertiary alicyclic amines) is 1. The second-order valence-electron chi connectivity index (χ2n) is 8.63. The van der Waals surface area contributed by atoms with E-state index in [0.717, 1.165) is 70.1 Å². The van der Waals surface area contributed by atoms with E-state index in [1.54, 1.807) is 7.11 Å². The summed E-state index contributed by atoms with van der Waals surface area (Å²) < 4.78 is 17.1. The van der Waals surface area contributed by atoms with Gasteiger partial charge < -0.3 is 24.4 Å². The Hall–Kier alpha value is -1.13. The first-order chi connectivity index (χ1) is 15.0. The summed E-state index contributed by atoms with van der Waals surface area (Å²) in [5.74, 6) is 2.25. The van der Waals surface area contributed by atoms with E-state index in [-0.39, 0.29) is 30.1 Å². The number of methoxy groups -OCH3 is 1. The van der Waals surface area contributed by atoms with Gasteiger partial charge in [-0.05, 0) is 57.1 Å². The molecule has 1 fully saturated rings. The SMILES string of the molecule is CCNC(=NCc1ccnc(OC(C)CC(C)C)c1)N1CCC(OCCCOC)CC1.I. The number of pyridine rings is 1. The number of aromatic nitrogens is 1. The first-order valence-electron chi connectivity index (χ1n) is 11.8. The maximum absolute atomic E-state index is 5.99. The molecule has 0 aliphatic carbocycles. The lowest BCUT2D eigenvalue weighted by Gasteiger charge is -2.34. The van der Waals surface area contributed by atoms with E-state index in [1.807, 2.05) is 18.3 Å². The largest absolute Gasteiger partial charge is 0.475 e. The summed E-state index contributed by atoms with van der Waals surface area (Å²) in [5, 5.41) is 3.44. The second kappa shape index (κ2) is 16.5. The van der Waals surface area contributed by atoms with Crippen molar-refractivity contribution in [1.29, 1.82) is 0 Å². The Balaban J connectivity index is 0.00000512. The molecule has 1 atom stereocenters. The van der Waals surface area contributed by atoms with Crippen LogP contribution in [0.3, 0.4) is 0 Å². The van der Waals surface area contributed by atoms with Crippen molar-refractivity contribution in [3.8, 4) is 5.88 Å². The van der Waals surface area contributed by atoms with Gasteiger partial charge in [-0.1, -0.05) is 13.8 Å². The molecule has 32 heavy (non-hydrogen) atoms. The van der Waals surface area contributed by atoms with Crippen molar-refractivity contribution in [1.82, 2.24) is 15.2 Å². The summed E-state index contributed by atoms with van der Waals surface area (Å²) in [6.45, 7) is 13.5. The van der Waals surface area contributed by atoms with Crippen LogP contribution in [0.5, 0.6) is 5.88 Å². The number of nitrogens with one attached hydrogen (secondary N) is 1. The lowest BCUT2D eigenvalue weighted by atomic mass is 10.1. The fraction of sp³-hybridized carbons (Fsp3) is 0.750. The van der Waals surface area contributed by atoms with Crippen LogP contribution in [0, 0.1) is 5.92 Å². The van der Waals surface area contributed by atoms with Gasteiger partial charge in [-0.3, -0.25) is 0 Å². The van der Waals surface area contributed by atoms with Crippen molar-refractivity contribution in [3.63, 3.8) is 0 Å². The monoisotopic (exact) mass is 562 g/mol. The fourth-order valence-corrected chi connectivity index (χ4v) is 3.81. The molecule has 1 aromatic rings. The second-order valence-corrected chi connectivity index (χ2v) is 8.63. The van der Waals surface area contributed by atoms with Crippen molar-refractivity contribution >= 4 is 29.9 Å². The van der Waals surface area contributed by atoms with E-state index in [1.165, 1.54) is 0 Å². The van der Waals surface area contributed by atoms with Gasteiger partial charge >= 0.3 is 0 Å².